The number of aromatic carboxylic acids is 1. The largest absolute Gasteiger partial charge is 0.478 e. The molecule has 0 unspecified atom stereocenters. The van der Waals surface area contributed by atoms with Crippen LogP contribution in [0.4, 0.5) is 0 Å². The molecule has 4 atom stereocenters. The first-order chi connectivity index (χ1) is 11.5. The fraction of sp³-hybridized carbons (Fsp3) is 0.250. The number of fused-ring (bicyclic) bond motifs is 8. The highest BCUT2D eigenvalue weighted by Crippen LogP contribution is 2.67. The predicted molar refractivity (Wildman–Crippen MR) is 85.7 cm³/mol. The minimum atomic E-state index is -1.09. The van der Waals surface area contributed by atoms with Crippen LogP contribution in [0.3, 0.4) is 0 Å². The van der Waals surface area contributed by atoms with Crippen molar-refractivity contribution >= 4 is 17.5 Å². The van der Waals surface area contributed by atoms with Gasteiger partial charge in [-0.1, -0.05) is 30.3 Å². The van der Waals surface area contributed by atoms with E-state index in [1.807, 2.05) is 31.2 Å². The zero-order valence-corrected chi connectivity index (χ0v) is 12.9. The van der Waals surface area contributed by atoms with E-state index in [1.54, 1.807) is 6.07 Å². The Balaban J connectivity index is 1.70. The van der Waals surface area contributed by atoms with Gasteiger partial charge in [-0.2, -0.15) is 0 Å². The van der Waals surface area contributed by atoms with Gasteiger partial charge in [0.2, 0.25) is 0 Å². The van der Waals surface area contributed by atoms with E-state index in [0.29, 0.717) is 5.56 Å². The van der Waals surface area contributed by atoms with E-state index in [2.05, 4.69) is 0 Å². The summed E-state index contributed by atoms with van der Waals surface area (Å²) in [6.07, 6.45) is 0. The lowest BCUT2D eigenvalue weighted by Gasteiger charge is -2.43. The van der Waals surface area contributed by atoms with Crippen molar-refractivity contribution in [3.63, 3.8) is 0 Å². The van der Waals surface area contributed by atoms with Crippen molar-refractivity contribution in [2.45, 2.75) is 18.8 Å². The number of hydrogen-bond donors (Lipinski definition) is 1. The summed E-state index contributed by atoms with van der Waals surface area (Å²) in [5.41, 5.74) is 3.80. The summed E-state index contributed by atoms with van der Waals surface area (Å²) >= 11 is 0. The molecule has 1 fully saturated rings. The first-order valence-corrected chi connectivity index (χ1v) is 8.06. The second-order valence-electron chi connectivity index (χ2n) is 6.95. The van der Waals surface area contributed by atoms with Crippen molar-refractivity contribution in [3.05, 3.63) is 69.8 Å². The molecule has 3 aliphatic rings. The zero-order valence-electron chi connectivity index (χ0n) is 12.9. The number of rotatable bonds is 1. The maximum atomic E-state index is 13.0. The average molecular weight is 318 g/mol. The van der Waals surface area contributed by atoms with E-state index in [0.717, 1.165) is 22.3 Å². The Morgan fingerprint density at radius 3 is 2.00 bits per heavy atom. The fourth-order valence-electron chi connectivity index (χ4n) is 5.11. The Bertz CT molecular complexity index is 972. The molecule has 0 aromatic heterocycles. The summed E-state index contributed by atoms with van der Waals surface area (Å²) < 4.78 is 0. The molecule has 4 nitrogen and oxygen atoms in total. The molecule has 2 aromatic carbocycles. The minimum Gasteiger partial charge on any atom is -0.478 e. The summed E-state index contributed by atoms with van der Waals surface area (Å²) in [5.74, 6) is -1.88. The van der Waals surface area contributed by atoms with Gasteiger partial charge in [-0.05, 0) is 29.7 Å². The molecule has 0 bridgehead atoms. The SMILES string of the molecule is Cc1cccc2c1C(=O)[C@@H]1[C@@H]2[C@H]2C(=O)c3c(C(=O)O)cccc3[C@H]12. The summed E-state index contributed by atoms with van der Waals surface area (Å²) in [4.78, 5) is 37.4. The van der Waals surface area contributed by atoms with Crippen molar-refractivity contribution in [2.75, 3.05) is 0 Å². The van der Waals surface area contributed by atoms with Gasteiger partial charge in [-0.15, -0.1) is 0 Å². The number of carboxylic acids is 1. The topological polar surface area (TPSA) is 71.4 Å². The third-order valence-electron chi connectivity index (χ3n) is 6.00. The van der Waals surface area contributed by atoms with Gasteiger partial charge in [0.25, 0.3) is 0 Å². The molecule has 1 N–H and O–H groups in total. The number of carboxylic acid groups (broad SMARTS) is 1. The van der Waals surface area contributed by atoms with Crippen molar-refractivity contribution in [1.82, 2.24) is 0 Å². The standard InChI is InChI=1S/C20H14O4/c1-8-4-2-5-9-12(8)18(21)16-14(9)17-15(16)10-6-3-7-11(20(23)24)13(10)19(17)22/h2-7,14-17H,1H3,(H,23,24)/t14-,15-,16-,17-/m1/s1. The molecule has 0 spiro atoms. The Morgan fingerprint density at radius 1 is 0.833 bits per heavy atom. The number of carbonyl (C=O) groups is 3. The highest BCUT2D eigenvalue weighted by Gasteiger charge is 2.65. The van der Waals surface area contributed by atoms with Crippen LogP contribution < -0.4 is 0 Å². The maximum absolute atomic E-state index is 13.0. The maximum Gasteiger partial charge on any atom is 0.336 e. The third-order valence-corrected chi connectivity index (χ3v) is 6.00. The highest BCUT2D eigenvalue weighted by atomic mass is 16.4. The van der Waals surface area contributed by atoms with Gasteiger partial charge in [0.05, 0.1) is 5.56 Å². The number of Topliss-reactive ketones (excluding diaryl/α,β-unsaturated/α-hetero) is 2. The number of carbonyl (C=O) groups excluding carboxylic acids is 2. The van der Waals surface area contributed by atoms with Gasteiger partial charge in [0.15, 0.2) is 11.6 Å². The monoisotopic (exact) mass is 318 g/mol. The number of benzene rings is 2. The Labute approximate surface area is 138 Å². The molecular formula is C20H14O4. The van der Waals surface area contributed by atoms with Gasteiger partial charge in [-0.25, -0.2) is 4.79 Å². The molecule has 0 radical (unpaired) electrons. The van der Waals surface area contributed by atoms with Gasteiger partial charge < -0.3 is 5.11 Å². The lowest BCUT2D eigenvalue weighted by Crippen LogP contribution is -2.43. The molecule has 24 heavy (non-hydrogen) atoms. The van der Waals surface area contributed by atoms with Gasteiger partial charge in [-0.3, -0.25) is 9.59 Å². The molecular weight excluding hydrogens is 304 g/mol. The quantitative estimate of drug-likeness (QED) is 0.876. The van der Waals surface area contributed by atoms with Crippen molar-refractivity contribution in [3.8, 4) is 0 Å². The molecule has 0 saturated heterocycles. The van der Waals surface area contributed by atoms with Gasteiger partial charge in [0, 0.05) is 34.8 Å². The van der Waals surface area contributed by atoms with E-state index in [9.17, 15) is 19.5 Å². The highest BCUT2D eigenvalue weighted by molar-refractivity contribution is 6.16. The van der Waals surface area contributed by atoms with Crippen LogP contribution in [-0.4, -0.2) is 22.6 Å². The molecule has 3 aliphatic carbocycles. The Hall–Kier alpha value is -2.75. The lowest BCUT2D eigenvalue weighted by molar-refractivity contribution is 0.0590. The fourth-order valence-corrected chi connectivity index (χ4v) is 5.11. The minimum absolute atomic E-state index is 0.0573. The van der Waals surface area contributed by atoms with Crippen molar-refractivity contribution in [2.24, 2.45) is 11.8 Å². The average Bonchev–Trinajstić information content (AvgIpc) is 2.89. The van der Waals surface area contributed by atoms with E-state index in [4.69, 9.17) is 0 Å². The first-order valence-electron chi connectivity index (χ1n) is 8.06. The number of ketones is 2. The Morgan fingerprint density at radius 2 is 1.38 bits per heavy atom. The van der Waals surface area contributed by atoms with Crippen LogP contribution >= 0.6 is 0 Å². The molecule has 0 amide bonds. The van der Waals surface area contributed by atoms with Crippen LogP contribution in [0.15, 0.2) is 36.4 Å². The van der Waals surface area contributed by atoms with Crippen molar-refractivity contribution < 1.29 is 19.5 Å². The number of aryl methyl sites for hydroxylation is 1. The van der Waals surface area contributed by atoms with Crippen LogP contribution in [0.1, 0.15) is 59.6 Å². The van der Waals surface area contributed by atoms with Gasteiger partial charge >= 0.3 is 5.97 Å². The van der Waals surface area contributed by atoms with Crippen LogP contribution in [0.2, 0.25) is 0 Å². The van der Waals surface area contributed by atoms with Crippen LogP contribution in [-0.2, 0) is 0 Å². The van der Waals surface area contributed by atoms with Gasteiger partial charge in [0.1, 0.15) is 0 Å². The molecule has 4 heteroatoms. The zero-order chi connectivity index (χ0) is 16.7. The molecule has 5 rings (SSSR count). The Kier molecular flexibility index (Phi) is 2.39. The smallest absolute Gasteiger partial charge is 0.336 e. The molecule has 0 aliphatic heterocycles. The van der Waals surface area contributed by atoms with Crippen LogP contribution in [0.25, 0.3) is 0 Å². The molecule has 1 saturated carbocycles. The van der Waals surface area contributed by atoms with Crippen LogP contribution in [0, 0.1) is 18.8 Å². The second kappa shape index (κ2) is 4.20. The second-order valence-corrected chi connectivity index (χ2v) is 6.95. The number of hydrogen-bond acceptors (Lipinski definition) is 3. The molecule has 118 valence electrons. The predicted octanol–water partition coefficient (Wildman–Crippen LogP) is 3.20. The van der Waals surface area contributed by atoms with E-state index >= 15 is 0 Å². The first kappa shape index (κ1) is 13.7. The lowest BCUT2D eigenvalue weighted by atomic mass is 9.57. The summed E-state index contributed by atoms with van der Waals surface area (Å²) in [5, 5.41) is 9.39. The van der Waals surface area contributed by atoms with E-state index in [1.165, 1.54) is 6.07 Å². The van der Waals surface area contributed by atoms with Crippen LogP contribution in [0.5, 0.6) is 0 Å². The normalized spacial score (nSPS) is 28.7. The van der Waals surface area contributed by atoms with Crippen molar-refractivity contribution in [1.29, 1.82) is 0 Å². The summed E-state index contributed by atoms with van der Waals surface area (Å²) in [6, 6.07) is 10.7. The summed E-state index contributed by atoms with van der Waals surface area (Å²) in [7, 11) is 0. The van der Waals surface area contributed by atoms with E-state index < -0.39 is 5.97 Å². The molecule has 2 aromatic rings. The summed E-state index contributed by atoms with van der Waals surface area (Å²) in [6.45, 7) is 1.93. The third kappa shape index (κ3) is 1.34. The van der Waals surface area contributed by atoms with E-state index in [-0.39, 0.29) is 40.8 Å². The molecule has 0 heterocycles.